The summed E-state index contributed by atoms with van der Waals surface area (Å²) in [5, 5.41) is 6.04. The number of nitrogens with zero attached hydrogens (tertiary/aromatic N) is 1. The lowest BCUT2D eigenvalue weighted by Crippen LogP contribution is -2.43. The average Bonchev–Trinajstić information content (AvgIpc) is 2.65. The summed E-state index contributed by atoms with van der Waals surface area (Å²) < 4.78 is 4.85. The first-order chi connectivity index (χ1) is 14.4. The van der Waals surface area contributed by atoms with Crippen molar-refractivity contribution in [2.45, 2.75) is 86.0 Å². The highest BCUT2D eigenvalue weighted by Gasteiger charge is 2.26. The van der Waals surface area contributed by atoms with Crippen LogP contribution in [0, 0.1) is 5.92 Å². The molecule has 0 heterocycles. The van der Waals surface area contributed by atoms with E-state index in [0.29, 0.717) is 23.2 Å². The predicted molar refractivity (Wildman–Crippen MR) is 124 cm³/mol. The molecular formula is C24H39N3O4. The molecule has 31 heavy (non-hydrogen) atoms. The van der Waals surface area contributed by atoms with Crippen molar-refractivity contribution < 1.29 is 19.1 Å². The molecule has 7 heteroatoms. The van der Waals surface area contributed by atoms with Crippen molar-refractivity contribution in [2.75, 3.05) is 12.4 Å². The molecule has 0 radical (unpaired) electrons. The van der Waals surface area contributed by atoms with E-state index in [0.717, 1.165) is 0 Å². The Morgan fingerprint density at radius 1 is 0.968 bits per heavy atom. The normalized spacial score (nSPS) is 12.3. The van der Waals surface area contributed by atoms with Crippen molar-refractivity contribution in [3.05, 3.63) is 29.3 Å². The van der Waals surface area contributed by atoms with Gasteiger partial charge in [-0.2, -0.15) is 0 Å². The van der Waals surface area contributed by atoms with Gasteiger partial charge in [0.1, 0.15) is 6.04 Å². The number of esters is 1. The third-order valence-corrected chi connectivity index (χ3v) is 4.80. The Morgan fingerprint density at radius 3 is 2.00 bits per heavy atom. The van der Waals surface area contributed by atoms with Gasteiger partial charge in [-0.15, -0.1) is 0 Å². The van der Waals surface area contributed by atoms with Crippen LogP contribution >= 0.6 is 0 Å². The lowest BCUT2D eigenvalue weighted by molar-refractivity contribution is -0.143. The van der Waals surface area contributed by atoms with Gasteiger partial charge in [0.2, 0.25) is 0 Å². The van der Waals surface area contributed by atoms with Gasteiger partial charge in [0.05, 0.1) is 12.7 Å². The van der Waals surface area contributed by atoms with Gasteiger partial charge in [-0.1, -0.05) is 13.8 Å². The summed E-state index contributed by atoms with van der Waals surface area (Å²) in [5.41, 5.74) is 1.44. The Morgan fingerprint density at radius 2 is 1.55 bits per heavy atom. The van der Waals surface area contributed by atoms with E-state index in [1.54, 1.807) is 18.2 Å². The van der Waals surface area contributed by atoms with E-state index in [-0.39, 0.29) is 35.9 Å². The number of benzene rings is 1. The minimum atomic E-state index is -0.733. The second-order valence-electron chi connectivity index (χ2n) is 9.14. The summed E-state index contributed by atoms with van der Waals surface area (Å²) in [4.78, 5) is 40.1. The molecule has 174 valence electrons. The number of carbonyl (C=O) groups is 3. The molecule has 7 nitrogen and oxygen atoms in total. The largest absolute Gasteiger partial charge is 0.467 e. The fourth-order valence-electron chi connectivity index (χ4n) is 3.58. The highest BCUT2D eigenvalue weighted by Crippen LogP contribution is 2.22. The summed E-state index contributed by atoms with van der Waals surface area (Å²) >= 11 is 0. The Bertz CT molecular complexity index is 764. The number of hydrogen-bond acceptors (Lipinski definition) is 5. The molecule has 0 saturated heterocycles. The highest BCUT2D eigenvalue weighted by molar-refractivity contribution is 6.04. The van der Waals surface area contributed by atoms with Crippen LogP contribution in [-0.4, -0.2) is 54.0 Å². The van der Waals surface area contributed by atoms with Gasteiger partial charge in [-0.05, 0) is 72.1 Å². The van der Waals surface area contributed by atoms with Crippen LogP contribution in [0.3, 0.4) is 0 Å². The number of amides is 2. The Hall–Kier alpha value is -2.57. The molecule has 1 atom stereocenters. The van der Waals surface area contributed by atoms with Crippen LogP contribution in [0.4, 0.5) is 5.69 Å². The van der Waals surface area contributed by atoms with Crippen molar-refractivity contribution in [1.29, 1.82) is 0 Å². The lowest BCUT2D eigenvalue weighted by atomic mass is 10.0. The molecule has 0 bridgehead atoms. The van der Waals surface area contributed by atoms with E-state index >= 15 is 0 Å². The van der Waals surface area contributed by atoms with Gasteiger partial charge >= 0.3 is 5.97 Å². The molecule has 0 aliphatic rings. The van der Waals surface area contributed by atoms with Crippen LogP contribution in [0.5, 0.6) is 0 Å². The standard InChI is InChI=1S/C24H39N3O4/c1-14(2)12-21(24(30)31-9)26-22(28)19-11-10-18(13-20(19)25-15(3)4)23(29)27(16(5)6)17(7)8/h10-11,13-17,21,25H,12H2,1-9H3,(H,26,28)/t21-/m0/s1. The lowest BCUT2D eigenvalue weighted by Gasteiger charge is -2.31. The number of hydrogen-bond donors (Lipinski definition) is 2. The molecule has 0 aromatic heterocycles. The Balaban J connectivity index is 3.30. The molecule has 1 aromatic carbocycles. The smallest absolute Gasteiger partial charge is 0.328 e. The van der Waals surface area contributed by atoms with Crippen LogP contribution < -0.4 is 10.6 Å². The van der Waals surface area contributed by atoms with Crippen molar-refractivity contribution >= 4 is 23.5 Å². The topological polar surface area (TPSA) is 87.7 Å². The number of ether oxygens (including phenoxy) is 1. The zero-order chi connectivity index (χ0) is 23.9. The van der Waals surface area contributed by atoms with E-state index in [9.17, 15) is 14.4 Å². The number of anilines is 1. The van der Waals surface area contributed by atoms with Gasteiger partial charge in [0.25, 0.3) is 11.8 Å². The molecule has 1 aromatic rings. The molecule has 0 aliphatic heterocycles. The molecule has 2 N–H and O–H groups in total. The second kappa shape index (κ2) is 11.7. The summed E-state index contributed by atoms with van der Waals surface area (Å²) in [5.74, 6) is -0.744. The van der Waals surface area contributed by atoms with Crippen LogP contribution in [-0.2, 0) is 9.53 Å². The third kappa shape index (κ3) is 7.56. The Kier molecular flexibility index (Phi) is 10.0. The quantitative estimate of drug-likeness (QED) is 0.543. The number of rotatable bonds is 10. The monoisotopic (exact) mass is 433 g/mol. The van der Waals surface area contributed by atoms with E-state index in [1.807, 2.05) is 60.3 Å². The minimum absolute atomic E-state index is 0.0498. The molecule has 1 rings (SSSR count). The molecule has 0 fully saturated rings. The summed E-state index contributed by atoms with van der Waals surface area (Å²) in [6.45, 7) is 15.8. The fourth-order valence-corrected chi connectivity index (χ4v) is 3.58. The third-order valence-electron chi connectivity index (χ3n) is 4.80. The summed E-state index contributed by atoms with van der Waals surface area (Å²) in [6.07, 6.45) is 0.472. The van der Waals surface area contributed by atoms with Crippen LogP contribution in [0.25, 0.3) is 0 Å². The van der Waals surface area contributed by atoms with Gasteiger partial charge in [0, 0.05) is 29.4 Å². The SMILES string of the molecule is COC(=O)[C@H](CC(C)C)NC(=O)c1ccc(C(=O)N(C(C)C)C(C)C)cc1NC(C)C. The molecule has 0 spiro atoms. The van der Waals surface area contributed by atoms with E-state index in [1.165, 1.54) is 7.11 Å². The molecule has 0 saturated carbocycles. The van der Waals surface area contributed by atoms with Gasteiger partial charge in [-0.3, -0.25) is 9.59 Å². The van der Waals surface area contributed by atoms with Gasteiger partial charge in [0.15, 0.2) is 0 Å². The van der Waals surface area contributed by atoms with Crippen molar-refractivity contribution in [3.8, 4) is 0 Å². The fraction of sp³-hybridized carbons (Fsp3) is 0.625. The first-order valence-corrected chi connectivity index (χ1v) is 11.0. The zero-order valence-corrected chi connectivity index (χ0v) is 20.4. The summed E-state index contributed by atoms with van der Waals surface area (Å²) in [7, 11) is 1.31. The Labute approximate surface area is 186 Å². The van der Waals surface area contributed by atoms with Crippen LogP contribution in [0.15, 0.2) is 18.2 Å². The zero-order valence-electron chi connectivity index (χ0n) is 20.4. The molecule has 0 aliphatic carbocycles. The number of methoxy groups -OCH3 is 1. The van der Waals surface area contributed by atoms with Crippen molar-refractivity contribution in [1.82, 2.24) is 10.2 Å². The van der Waals surface area contributed by atoms with Gasteiger partial charge < -0.3 is 20.3 Å². The highest BCUT2D eigenvalue weighted by atomic mass is 16.5. The van der Waals surface area contributed by atoms with Crippen molar-refractivity contribution in [2.24, 2.45) is 5.92 Å². The van der Waals surface area contributed by atoms with E-state index in [4.69, 9.17) is 4.74 Å². The van der Waals surface area contributed by atoms with E-state index < -0.39 is 12.0 Å². The average molecular weight is 434 g/mol. The van der Waals surface area contributed by atoms with Crippen molar-refractivity contribution in [3.63, 3.8) is 0 Å². The minimum Gasteiger partial charge on any atom is -0.467 e. The number of carbonyl (C=O) groups excluding carboxylic acids is 3. The van der Waals surface area contributed by atoms with E-state index in [2.05, 4.69) is 10.6 Å². The second-order valence-corrected chi connectivity index (χ2v) is 9.14. The number of nitrogens with one attached hydrogen (secondary N) is 2. The maximum Gasteiger partial charge on any atom is 0.328 e. The maximum atomic E-state index is 13.1. The molecular weight excluding hydrogens is 394 g/mol. The first-order valence-electron chi connectivity index (χ1n) is 11.0. The maximum absolute atomic E-state index is 13.1. The predicted octanol–water partition coefficient (Wildman–Crippen LogP) is 4.08. The first kappa shape index (κ1) is 26.5. The van der Waals surface area contributed by atoms with Crippen LogP contribution in [0.2, 0.25) is 0 Å². The summed E-state index contributed by atoms with van der Waals surface area (Å²) in [6, 6.07) is 4.43. The molecule has 0 unspecified atom stereocenters. The van der Waals surface area contributed by atoms with Gasteiger partial charge in [-0.25, -0.2) is 4.79 Å². The molecule has 2 amide bonds. The van der Waals surface area contributed by atoms with Crippen LogP contribution in [0.1, 0.15) is 82.5 Å².